The van der Waals surface area contributed by atoms with Crippen molar-refractivity contribution in [2.45, 2.75) is 39.0 Å². The standard InChI is InChI=1S/C11H14BrNO/c1-6(2)9-7-4-3-5-8(7)13-11(14)10(9)12/h6H,3-5H2,1-2H3,(H,13,14). The lowest BCUT2D eigenvalue weighted by Gasteiger charge is -2.13. The molecule has 0 aromatic carbocycles. The van der Waals surface area contributed by atoms with E-state index in [1.54, 1.807) is 0 Å². The van der Waals surface area contributed by atoms with Crippen LogP contribution in [-0.4, -0.2) is 4.98 Å². The quantitative estimate of drug-likeness (QED) is 0.823. The molecule has 1 aliphatic carbocycles. The molecule has 0 spiro atoms. The number of aromatic nitrogens is 1. The number of pyridine rings is 1. The smallest absolute Gasteiger partial charge is 0.262 e. The normalized spacial score (nSPS) is 14.9. The number of halogens is 1. The van der Waals surface area contributed by atoms with Gasteiger partial charge in [0.25, 0.3) is 5.56 Å². The molecule has 1 aromatic rings. The van der Waals surface area contributed by atoms with Crippen molar-refractivity contribution in [3.63, 3.8) is 0 Å². The lowest BCUT2D eigenvalue weighted by molar-refractivity contribution is 0.827. The van der Waals surface area contributed by atoms with E-state index in [9.17, 15) is 4.79 Å². The van der Waals surface area contributed by atoms with Crippen LogP contribution >= 0.6 is 15.9 Å². The zero-order valence-corrected chi connectivity index (χ0v) is 10.1. The molecule has 76 valence electrons. The van der Waals surface area contributed by atoms with Gasteiger partial charge in [-0.25, -0.2) is 0 Å². The van der Waals surface area contributed by atoms with Gasteiger partial charge >= 0.3 is 0 Å². The summed E-state index contributed by atoms with van der Waals surface area (Å²) in [7, 11) is 0. The van der Waals surface area contributed by atoms with E-state index >= 15 is 0 Å². The summed E-state index contributed by atoms with van der Waals surface area (Å²) in [6.45, 7) is 4.27. The second-order valence-electron chi connectivity index (χ2n) is 4.15. The fourth-order valence-electron chi connectivity index (χ4n) is 2.23. The van der Waals surface area contributed by atoms with E-state index in [1.807, 2.05) is 0 Å². The third kappa shape index (κ3) is 1.44. The Labute approximate surface area is 91.9 Å². The van der Waals surface area contributed by atoms with E-state index < -0.39 is 0 Å². The maximum atomic E-state index is 11.6. The molecule has 0 bridgehead atoms. The van der Waals surface area contributed by atoms with Crippen molar-refractivity contribution in [3.05, 3.63) is 31.6 Å². The predicted molar refractivity (Wildman–Crippen MR) is 60.9 cm³/mol. The van der Waals surface area contributed by atoms with Gasteiger partial charge in [0.15, 0.2) is 0 Å². The van der Waals surface area contributed by atoms with E-state index in [0.29, 0.717) is 5.92 Å². The van der Waals surface area contributed by atoms with Gasteiger partial charge in [-0.15, -0.1) is 0 Å². The molecule has 2 rings (SSSR count). The number of nitrogens with one attached hydrogen (secondary N) is 1. The van der Waals surface area contributed by atoms with Crippen LogP contribution in [0.1, 0.15) is 43.0 Å². The van der Waals surface area contributed by atoms with Crippen molar-refractivity contribution in [1.82, 2.24) is 4.98 Å². The summed E-state index contributed by atoms with van der Waals surface area (Å²) in [5.41, 5.74) is 3.75. The van der Waals surface area contributed by atoms with E-state index in [0.717, 1.165) is 23.0 Å². The summed E-state index contributed by atoms with van der Waals surface area (Å²) >= 11 is 3.39. The first-order valence-electron chi connectivity index (χ1n) is 5.04. The zero-order valence-electron chi connectivity index (χ0n) is 8.48. The van der Waals surface area contributed by atoms with Crippen molar-refractivity contribution < 1.29 is 0 Å². The Kier molecular flexibility index (Phi) is 2.52. The fraction of sp³-hybridized carbons (Fsp3) is 0.545. The van der Waals surface area contributed by atoms with Gasteiger partial charge in [0.2, 0.25) is 0 Å². The maximum Gasteiger partial charge on any atom is 0.262 e. The van der Waals surface area contributed by atoms with E-state index in [4.69, 9.17) is 0 Å². The minimum Gasteiger partial charge on any atom is -0.325 e. The fourth-order valence-corrected chi connectivity index (χ4v) is 3.02. The molecule has 1 aliphatic rings. The molecule has 14 heavy (non-hydrogen) atoms. The third-order valence-electron chi connectivity index (χ3n) is 2.82. The van der Waals surface area contributed by atoms with Crippen molar-refractivity contribution >= 4 is 15.9 Å². The van der Waals surface area contributed by atoms with Crippen LogP contribution in [0.25, 0.3) is 0 Å². The van der Waals surface area contributed by atoms with Gasteiger partial charge in [-0.2, -0.15) is 0 Å². The lowest BCUT2D eigenvalue weighted by Crippen LogP contribution is -2.14. The number of rotatable bonds is 1. The first-order chi connectivity index (χ1) is 6.61. The van der Waals surface area contributed by atoms with E-state index in [2.05, 4.69) is 34.8 Å². The molecular weight excluding hydrogens is 242 g/mol. The van der Waals surface area contributed by atoms with Gasteiger partial charge in [-0.05, 0) is 52.2 Å². The van der Waals surface area contributed by atoms with Gasteiger partial charge in [0.1, 0.15) is 0 Å². The van der Waals surface area contributed by atoms with Crippen LogP contribution in [0.2, 0.25) is 0 Å². The summed E-state index contributed by atoms with van der Waals surface area (Å²) in [6, 6.07) is 0. The van der Waals surface area contributed by atoms with Crippen molar-refractivity contribution in [2.24, 2.45) is 0 Å². The molecular formula is C11H14BrNO. The van der Waals surface area contributed by atoms with Crippen LogP contribution in [0.3, 0.4) is 0 Å². The number of hydrogen-bond acceptors (Lipinski definition) is 1. The van der Waals surface area contributed by atoms with Crippen LogP contribution in [0.4, 0.5) is 0 Å². The highest BCUT2D eigenvalue weighted by Crippen LogP contribution is 2.31. The Morgan fingerprint density at radius 2 is 2.07 bits per heavy atom. The van der Waals surface area contributed by atoms with E-state index in [1.165, 1.54) is 17.5 Å². The van der Waals surface area contributed by atoms with Crippen LogP contribution in [-0.2, 0) is 12.8 Å². The largest absolute Gasteiger partial charge is 0.325 e. The van der Waals surface area contributed by atoms with Crippen molar-refractivity contribution in [1.29, 1.82) is 0 Å². The highest BCUT2D eigenvalue weighted by atomic mass is 79.9. The lowest BCUT2D eigenvalue weighted by atomic mass is 9.97. The minimum absolute atomic E-state index is 0.0225. The second-order valence-corrected chi connectivity index (χ2v) is 4.94. The molecule has 0 amide bonds. The summed E-state index contributed by atoms with van der Waals surface area (Å²) in [4.78, 5) is 14.6. The molecule has 0 radical (unpaired) electrons. The van der Waals surface area contributed by atoms with Gasteiger partial charge in [0, 0.05) is 5.69 Å². The predicted octanol–water partition coefficient (Wildman–Crippen LogP) is 2.75. The van der Waals surface area contributed by atoms with Crippen LogP contribution in [0.5, 0.6) is 0 Å². The number of aryl methyl sites for hydroxylation is 1. The Morgan fingerprint density at radius 3 is 2.71 bits per heavy atom. The van der Waals surface area contributed by atoms with Gasteiger partial charge in [-0.1, -0.05) is 13.8 Å². The molecule has 1 N–H and O–H groups in total. The maximum absolute atomic E-state index is 11.6. The molecule has 0 saturated heterocycles. The topological polar surface area (TPSA) is 32.9 Å². The first-order valence-corrected chi connectivity index (χ1v) is 5.84. The van der Waals surface area contributed by atoms with Crippen molar-refractivity contribution in [3.8, 4) is 0 Å². The summed E-state index contributed by atoms with van der Waals surface area (Å²) in [5, 5.41) is 0. The molecule has 0 aliphatic heterocycles. The van der Waals surface area contributed by atoms with Crippen LogP contribution in [0.15, 0.2) is 9.27 Å². The Balaban J connectivity index is 2.72. The Hall–Kier alpha value is -0.570. The molecule has 1 aromatic heterocycles. The second kappa shape index (κ2) is 3.54. The highest BCUT2D eigenvalue weighted by molar-refractivity contribution is 9.10. The SMILES string of the molecule is CC(C)c1c2c([nH]c(=O)c1Br)CCC2. The van der Waals surface area contributed by atoms with E-state index in [-0.39, 0.29) is 5.56 Å². The Bertz CT molecular complexity index is 420. The Morgan fingerprint density at radius 1 is 1.36 bits per heavy atom. The molecule has 2 nitrogen and oxygen atoms in total. The molecule has 0 atom stereocenters. The average Bonchev–Trinajstić information content (AvgIpc) is 2.52. The monoisotopic (exact) mass is 255 g/mol. The zero-order chi connectivity index (χ0) is 10.3. The highest BCUT2D eigenvalue weighted by Gasteiger charge is 2.21. The van der Waals surface area contributed by atoms with Crippen LogP contribution < -0.4 is 5.56 Å². The molecule has 0 saturated carbocycles. The van der Waals surface area contributed by atoms with Gasteiger partial charge in [0.05, 0.1) is 4.47 Å². The van der Waals surface area contributed by atoms with Gasteiger partial charge in [-0.3, -0.25) is 4.79 Å². The average molecular weight is 256 g/mol. The minimum atomic E-state index is 0.0225. The number of fused-ring (bicyclic) bond motifs is 1. The number of aromatic amines is 1. The summed E-state index contributed by atoms with van der Waals surface area (Å²) < 4.78 is 0.730. The molecule has 3 heteroatoms. The van der Waals surface area contributed by atoms with Crippen LogP contribution in [0, 0.1) is 0 Å². The summed E-state index contributed by atoms with van der Waals surface area (Å²) in [6.07, 6.45) is 3.30. The molecule has 1 heterocycles. The number of hydrogen-bond donors (Lipinski definition) is 1. The number of H-pyrrole nitrogens is 1. The van der Waals surface area contributed by atoms with Gasteiger partial charge < -0.3 is 4.98 Å². The summed E-state index contributed by atoms with van der Waals surface area (Å²) in [5.74, 6) is 0.415. The molecule has 0 fully saturated rings. The van der Waals surface area contributed by atoms with Crippen molar-refractivity contribution in [2.75, 3.05) is 0 Å². The third-order valence-corrected chi connectivity index (χ3v) is 3.61. The molecule has 0 unspecified atom stereocenters. The first kappa shape index (κ1) is 9.97.